The average Bonchev–Trinajstić information content (AvgIpc) is 2.78. The van der Waals surface area contributed by atoms with E-state index in [1.807, 2.05) is 36.5 Å². The van der Waals surface area contributed by atoms with Gasteiger partial charge in [-0.1, -0.05) is 58.8 Å². The molecule has 2 N–H and O–H groups in total. The Morgan fingerprint density at radius 1 is 0.882 bits per heavy atom. The quantitative estimate of drug-likeness (QED) is 0.186. The van der Waals surface area contributed by atoms with Gasteiger partial charge in [-0.15, -0.1) is 29.7 Å². The van der Waals surface area contributed by atoms with Crippen molar-refractivity contribution in [3.8, 4) is 11.3 Å². The van der Waals surface area contributed by atoms with E-state index in [2.05, 4.69) is 50.2 Å². The van der Waals surface area contributed by atoms with Gasteiger partial charge in [0.15, 0.2) is 0 Å². The van der Waals surface area contributed by atoms with Crippen LogP contribution in [-0.2, 0) is 20.1 Å². The Hall–Kier alpha value is -2.69. The SMILES string of the molecule is CC(O)CC(C)O.Cc1cc(C)c2c(c1)c1ccc[c-]c1c1ncc(-c3ccccc3)nc12.[Ir]. The summed E-state index contributed by atoms with van der Waals surface area (Å²) in [5.41, 5.74) is 6.34. The molecule has 5 rings (SSSR count). The van der Waals surface area contributed by atoms with Crippen molar-refractivity contribution in [1.82, 2.24) is 9.97 Å². The number of hydrogen-bond acceptors (Lipinski definition) is 4. The van der Waals surface area contributed by atoms with Gasteiger partial charge in [-0.25, -0.2) is 0 Å². The standard InChI is InChI=1S/C24H17N2.C5H12O2.Ir/c1-15-12-16(2)22-20(13-15)18-10-6-7-11-19(18)23-24(22)26-21(14-25-23)17-8-4-3-5-9-17;1-4(6)3-5(2)7;/h3-10,12-14H,1-2H3;4-7H,3H2,1-2H3;/q-1;;. The zero-order chi connectivity index (χ0) is 23.5. The molecule has 1 radical (unpaired) electrons. The summed E-state index contributed by atoms with van der Waals surface area (Å²) in [4.78, 5) is 9.84. The van der Waals surface area contributed by atoms with Gasteiger partial charge in [-0.2, -0.15) is 0 Å². The molecule has 0 amide bonds. The number of aliphatic hydroxyl groups excluding tert-OH is 2. The number of nitrogens with zero attached hydrogens (tertiary/aromatic N) is 2. The number of aryl methyl sites for hydroxylation is 2. The predicted molar refractivity (Wildman–Crippen MR) is 136 cm³/mol. The third-order valence-electron chi connectivity index (χ3n) is 5.62. The van der Waals surface area contributed by atoms with Crippen LogP contribution in [0.3, 0.4) is 0 Å². The molecule has 1 heterocycles. The van der Waals surface area contributed by atoms with E-state index < -0.39 is 0 Å². The minimum absolute atomic E-state index is 0. The first-order chi connectivity index (χ1) is 15.8. The van der Waals surface area contributed by atoms with Crippen molar-refractivity contribution in [2.24, 2.45) is 0 Å². The second kappa shape index (κ2) is 11.2. The van der Waals surface area contributed by atoms with E-state index in [4.69, 9.17) is 20.2 Å². The van der Waals surface area contributed by atoms with Crippen LogP contribution in [0.5, 0.6) is 0 Å². The minimum Gasteiger partial charge on any atom is -0.393 e. The van der Waals surface area contributed by atoms with Crippen LogP contribution in [0.25, 0.3) is 43.8 Å². The number of benzene rings is 4. The van der Waals surface area contributed by atoms with Gasteiger partial charge in [0.1, 0.15) is 0 Å². The maximum Gasteiger partial charge on any atom is 0.0873 e. The zero-order valence-corrected chi connectivity index (χ0v) is 22.2. The summed E-state index contributed by atoms with van der Waals surface area (Å²) in [6.07, 6.45) is 1.59. The Morgan fingerprint density at radius 2 is 1.59 bits per heavy atom. The van der Waals surface area contributed by atoms with Crippen LogP contribution in [-0.4, -0.2) is 32.4 Å². The molecule has 0 saturated heterocycles. The van der Waals surface area contributed by atoms with Crippen LogP contribution in [0.4, 0.5) is 0 Å². The van der Waals surface area contributed by atoms with Crippen molar-refractivity contribution in [1.29, 1.82) is 0 Å². The van der Waals surface area contributed by atoms with Crippen molar-refractivity contribution in [3.63, 3.8) is 0 Å². The Kier molecular flexibility index (Phi) is 8.51. The van der Waals surface area contributed by atoms with Gasteiger partial charge < -0.3 is 15.2 Å². The Morgan fingerprint density at radius 3 is 2.24 bits per heavy atom. The topological polar surface area (TPSA) is 66.2 Å². The van der Waals surface area contributed by atoms with Gasteiger partial charge in [0.25, 0.3) is 0 Å². The minimum atomic E-state index is -0.375. The normalized spacial score (nSPS) is 12.6. The molecule has 0 aliphatic carbocycles. The van der Waals surface area contributed by atoms with Crippen LogP contribution in [0.1, 0.15) is 31.4 Å². The molecule has 4 aromatic carbocycles. The molecular weight excluding hydrogens is 601 g/mol. The summed E-state index contributed by atoms with van der Waals surface area (Å²) in [7, 11) is 0. The molecular formula is C29H29IrN2O2-. The first kappa shape index (κ1) is 25.9. The van der Waals surface area contributed by atoms with E-state index in [9.17, 15) is 0 Å². The third-order valence-corrected chi connectivity index (χ3v) is 5.62. The molecule has 177 valence electrons. The van der Waals surface area contributed by atoms with E-state index in [1.165, 1.54) is 27.3 Å². The molecule has 2 atom stereocenters. The Bertz CT molecular complexity index is 1410. The molecule has 0 spiro atoms. The van der Waals surface area contributed by atoms with Crippen LogP contribution in [0, 0.1) is 19.9 Å². The van der Waals surface area contributed by atoms with Crippen LogP contribution in [0.15, 0.2) is 66.9 Å². The van der Waals surface area contributed by atoms with Crippen LogP contribution in [0.2, 0.25) is 0 Å². The monoisotopic (exact) mass is 630 g/mol. The van der Waals surface area contributed by atoms with Crippen molar-refractivity contribution in [3.05, 3.63) is 84.1 Å². The van der Waals surface area contributed by atoms with Gasteiger partial charge in [0.2, 0.25) is 0 Å². The average molecular weight is 630 g/mol. The van der Waals surface area contributed by atoms with E-state index in [0.29, 0.717) is 6.42 Å². The van der Waals surface area contributed by atoms with Crippen LogP contribution >= 0.6 is 0 Å². The van der Waals surface area contributed by atoms with E-state index in [0.717, 1.165) is 27.7 Å². The fraction of sp³-hybridized carbons (Fsp3) is 0.241. The molecule has 0 saturated carbocycles. The van der Waals surface area contributed by atoms with Crippen LogP contribution < -0.4 is 0 Å². The van der Waals surface area contributed by atoms with E-state index in [-0.39, 0.29) is 32.3 Å². The van der Waals surface area contributed by atoms with Gasteiger partial charge in [0, 0.05) is 37.4 Å². The third kappa shape index (κ3) is 5.51. The van der Waals surface area contributed by atoms with Gasteiger partial charge in [-0.05, 0) is 45.1 Å². The molecule has 2 unspecified atom stereocenters. The zero-order valence-electron chi connectivity index (χ0n) is 19.8. The summed E-state index contributed by atoms with van der Waals surface area (Å²) in [6.45, 7) is 7.62. The number of hydrogen-bond donors (Lipinski definition) is 2. The number of aliphatic hydroxyl groups is 2. The number of aromatic nitrogens is 2. The fourth-order valence-corrected chi connectivity index (χ4v) is 4.34. The molecule has 0 aliphatic rings. The molecule has 0 aliphatic heterocycles. The molecule has 4 nitrogen and oxygen atoms in total. The summed E-state index contributed by atoms with van der Waals surface area (Å²) < 4.78 is 0. The summed E-state index contributed by atoms with van der Waals surface area (Å²) in [5.74, 6) is 0. The van der Waals surface area contributed by atoms with Gasteiger partial charge in [-0.3, -0.25) is 4.98 Å². The first-order valence-corrected chi connectivity index (χ1v) is 11.3. The maximum absolute atomic E-state index is 8.56. The summed E-state index contributed by atoms with van der Waals surface area (Å²) in [5, 5.41) is 21.8. The van der Waals surface area contributed by atoms with Crippen molar-refractivity contribution in [2.75, 3.05) is 0 Å². The summed E-state index contributed by atoms with van der Waals surface area (Å²) in [6, 6.07) is 24.2. The molecule has 34 heavy (non-hydrogen) atoms. The number of fused-ring (bicyclic) bond motifs is 6. The van der Waals surface area contributed by atoms with Gasteiger partial charge in [0.05, 0.1) is 23.4 Å². The van der Waals surface area contributed by atoms with Gasteiger partial charge >= 0.3 is 0 Å². The fourth-order valence-electron chi connectivity index (χ4n) is 4.34. The van der Waals surface area contributed by atoms with Crippen molar-refractivity contribution in [2.45, 2.75) is 46.3 Å². The Labute approximate surface area is 214 Å². The number of rotatable bonds is 3. The van der Waals surface area contributed by atoms with Crippen molar-refractivity contribution < 1.29 is 30.3 Å². The molecule has 0 fully saturated rings. The largest absolute Gasteiger partial charge is 0.393 e. The molecule has 5 heteroatoms. The smallest absolute Gasteiger partial charge is 0.0873 e. The summed E-state index contributed by atoms with van der Waals surface area (Å²) >= 11 is 0. The first-order valence-electron chi connectivity index (χ1n) is 11.3. The maximum atomic E-state index is 8.56. The molecule has 1 aromatic heterocycles. The predicted octanol–water partition coefficient (Wildman–Crippen LogP) is 6.16. The second-order valence-electron chi connectivity index (χ2n) is 8.72. The van der Waals surface area contributed by atoms with E-state index >= 15 is 0 Å². The molecule has 5 aromatic rings. The second-order valence-corrected chi connectivity index (χ2v) is 8.72. The van der Waals surface area contributed by atoms with E-state index in [1.54, 1.807) is 13.8 Å². The van der Waals surface area contributed by atoms with Crippen molar-refractivity contribution >= 4 is 32.6 Å². The Balaban J connectivity index is 0.000000357. The molecule has 0 bridgehead atoms.